The molecule has 0 N–H and O–H groups in total. The molecule has 0 aromatic heterocycles. The minimum absolute atomic E-state index is 0.484. The molecule has 0 amide bonds. The van der Waals surface area contributed by atoms with Crippen LogP contribution in [0.1, 0.15) is 25.7 Å². The van der Waals surface area contributed by atoms with Crippen molar-refractivity contribution in [3.05, 3.63) is 19.1 Å². The van der Waals surface area contributed by atoms with E-state index in [1.807, 2.05) is 0 Å². The molecule has 0 atom stereocenters. The van der Waals surface area contributed by atoms with E-state index < -0.39 is 6.08 Å². The summed E-state index contributed by atoms with van der Waals surface area (Å²) >= 11 is 0. The predicted molar refractivity (Wildman–Crippen MR) is 34.1 cm³/mol. The molecule has 2 heteroatoms. The maximum Gasteiger partial charge on any atom is 0.266 e. The first kappa shape index (κ1) is 8.60. The van der Waals surface area contributed by atoms with Crippen LogP contribution in [-0.2, 0) is 0 Å². The molecule has 0 unspecified atom stereocenters. The molecule has 0 nitrogen and oxygen atoms in total. The summed E-state index contributed by atoms with van der Waals surface area (Å²) in [5, 5.41) is 0. The van der Waals surface area contributed by atoms with E-state index in [4.69, 9.17) is 0 Å². The summed E-state index contributed by atoms with van der Waals surface area (Å²) in [5.41, 5.74) is 0. The van der Waals surface area contributed by atoms with Crippen molar-refractivity contribution in [1.82, 2.24) is 0 Å². The topological polar surface area (TPSA) is 0 Å². The van der Waals surface area contributed by atoms with Crippen LogP contribution >= 0.6 is 0 Å². The zero-order valence-corrected chi connectivity index (χ0v) is 5.37. The third kappa shape index (κ3) is 7.60. The lowest BCUT2D eigenvalue weighted by molar-refractivity contribution is 0.416. The average molecular weight is 133 g/mol. The Morgan fingerprint density at radius 1 is 1.33 bits per heavy atom. The molecule has 0 aliphatic rings. The zero-order valence-electron chi connectivity index (χ0n) is 5.37. The van der Waals surface area contributed by atoms with Crippen LogP contribution in [0.4, 0.5) is 8.78 Å². The van der Waals surface area contributed by atoms with Crippen molar-refractivity contribution >= 4 is 0 Å². The highest BCUT2D eigenvalue weighted by Gasteiger charge is 1.86. The van der Waals surface area contributed by atoms with E-state index in [0.717, 1.165) is 25.3 Å². The van der Waals surface area contributed by atoms with Gasteiger partial charge in [0.25, 0.3) is 6.08 Å². The van der Waals surface area contributed by atoms with Crippen molar-refractivity contribution in [2.75, 3.05) is 0 Å². The molecule has 0 aromatic rings. The number of rotatable bonds is 4. The molecule has 0 rings (SSSR count). The Kier molecular flexibility index (Phi) is 5.48. The first-order valence-electron chi connectivity index (χ1n) is 3.07. The van der Waals surface area contributed by atoms with E-state index in [1.54, 1.807) is 0 Å². The fourth-order valence-corrected chi connectivity index (χ4v) is 0.532. The van der Waals surface area contributed by atoms with Gasteiger partial charge < -0.3 is 0 Å². The fourth-order valence-electron chi connectivity index (χ4n) is 0.532. The van der Waals surface area contributed by atoms with Crippen LogP contribution in [-0.4, -0.2) is 0 Å². The van der Waals surface area contributed by atoms with Crippen LogP contribution in [0, 0.1) is 6.92 Å². The monoisotopic (exact) mass is 133 g/mol. The van der Waals surface area contributed by atoms with E-state index in [2.05, 4.69) is 6.92 Å². The van der Waals surface area contributed by atoms with E-state index in [1.165, 1.54) is 0 Å². The lowest BCUT2D eigenvalue weighted by atomic mass is 10.2. The molecule has 0 aliphatic heterocycles. The number of unbranched alkanes of at least 4 members (excludes halogenated alkanes) is 3. The van der Waals surface area contributed by atoms with Crippen molar-refractivity contribution in [3.63, 3.8) is 0 Å². The summed E-state index contributed by atoms with van der Waals surface area (Å²) in [6.07, 6.45) is 2.46. The summed E-state index contributed by atoms with van der Waals surface area (Å²) in [4.78, 5) is 0. The third-order valence-electron chi connectivity index (χ3n) is 1.00. The van der Waals surface area contributed by atoms with Crippen LogP contribution in [0.2, 0.25) is 0 Å². The standard InChI is InChI=1S/C7H11F2/c1-2-3-4-5-6-7(8)9/h6H,1-5H2. The Bertz CT molecular complexity index is 82.9. The van der Waals surface area contributed by atoms with Gasteiger partial charge in [-0.1, -0.05) is 19.8 Å². The Morgan fingerprint density at radius 3 is 2.44 bits per heavy atom. The van der Waals surface area contributed by atoms with Crippen molar-refractivity contribution in [2.45, 2.75) is 25.7 Å². The molecule has 0 spiro atoms. The van der Waals surface area contributed by atoms with Crippen LogP contribution in [0.15, 0.2) is 12.2 Å². The minimum atomic E-state index is -1.57. The number of hydrogen-bond donors (Lipinski definition) is 0. The third-order valence-corrected chi connectivity index (χ3v) is 1.00. The van der Waals surface area contributed by atoms with Crippen molar-refractivity contribution in [1.29, 1.82) is 0 Å². The van der Waals surface area contributed by atoms with Gasteiger partial charge in [0, 0.05) is 0 Å². The highest BCUT2D eigenvalue weighted by molar-refractivity contribution is 4.79. The molecule has 0 aliphatic carbocycles. The van der Waals surface area contributed by atoms with Gasteiger partial charge in [0.15, 0.2) is 0 Å². The Hall–Kier alpha value is -0.400. The second kappa shape index (κ2) is 5.73. The maximum atomic E-state index is 11.3. The smallest absolute Gasteiger partial charge is 0.174 e. The molecular weight excluding hydrogens is 122 g/mol. The van der Waals surface area contributed by atoms with Gasteiger partial charge >= 0.3 is 0 Å². The molecule has 9 heavy (non-hydrogen) atoms. The van der Waals surface area contributed by atoms with Gasteiger partial charge in [-0.15, -0.1) is 0 Å². The first-order chi connectivity index (χ1) is 4.27. The summed E-state index contributed by atoms with van der Waals surface area (Å²) in [6, 6.07) is 0. The fraction of sp³-hybridized carbons (Fsp3) is 0.571. The summed E-state index contributed by atoms with van der Waals surface area (Å²) in [7, 11) is 0. The number of allylic oxidation sites excluding steroid dienone is 1. The van der Waals surface area contributed by atoms with Gasteiger partial charge in [0.05, 0.1) is 0 Å². The van der Waals surface area contributed by atoms with Gasteiger partial charge in [0.2, 0.25) is 0 Å². The molecule has 0 saturated carbocycles. The van der Waals surface area contributed by atoms with Crippen LogP contribution in [0.3, 0.4) is 0 Å². The highest BCUT2D eigenvalue weighted by Crippen LogP contribution is 2.04. The largest absolute Gasteiger partial charge is 0.266 e. The Balaban J connectivity index is 3.00. The lowest BCUT2D eigenvalue weighted by Crippen LogP contribution is -1.70. The molecule has 0 aromatic carbocycles. The van der Waals surface area contributed by atoms with Crippen molar-refractivity contribution in [2.24, 2.45) is 0 Å². The molecule has 0 saturated heterocycles. The van der Waals surface area contributed by atoms with E-state index in [-0.39, 0.29) is 0 Å². The van der Waals surface area contributed by atoms with E-state index in [0.29, 0.717) is 6.42 Å². The molecule has 0 fully saturated rings. The Morgan fingerprint density at radius 2 is 2.00 bits per heavy atom. The predicted octanol–water partition coefficient (Wildman–Crippen LogP) is 3.16. The van der Waals surface area contributed by atoms with Crippen LogP contribution in [0.5, 0.6) is 0 Å². The van der Waals surface area contributed by atoms with Crippen molar-refractivity contribution in [3.8, 4) is 0 Å². The molecular formula is C7H11F2. The van der Waals surface area contributed by atoms with Crippen molar-refractivity contribution < 1.29 is 8.78 Å². The van der Waals surface area contributed by atoms with Gasteiger partial charge in [-0.25, -0.2) is 0 Å². The first-order valence-corrected chi connectivity index (χ1v) is 3.07. The maximum absolute atomic E-state index is 11.3. The Labute approximate surface area is 54.6 Å². The molecule has 0 heterocycles. The van der Waals surface area contributed by atoms with E-state index in [9.17, 15) is 8.78 Å². The second-order valence-electron chi connectivity index (χ2n) is 1.84. The van der Waals surface area contributed by atoms with Gasteiger partial charge in [-0.2, -0.15) is 8.78 Å². The number of hydrogen-bond acceptors (Lipinski definition) is 0. The molecule has 53 valence electrons. The number of halogens is 2. The quantitative estimate of drug-likeness (QED) is 0.517. The summed E-state index contributed by atoms with van der Waals surface area (Å²) in [5.74, 6) is 0. The average Bonchev–Trinajstić information content (AvgIpc) is 1.80. The molecule has 0 bridgehead atoms. The summed E-state index contributed by atoms with van der Waals surface area (Å²) in [6.45, 7) is 3.59. The van der Waals surface area contributed by atoms with Crippen LogP contribution in [0.25, 0.3) is 0 Å². The highest BCUT2D eigenvalue weighted by atomic mass is 19.3. The molecule has 1 radical (unpaired) electrons. The van der Waals surface area contributed by atoms with Crippen LogP contribution < -0.4 is 0 Å². The van der Waals surface area contributed by atoms with E-state index >= 15 is 0 Å². The summed E-state index contributed by atoms with van der Waals surface area (Å²) < 4.78 is 22.6. The zero-order chi connectivity index (χ0) is 7.11. The van der Waals surface area contributed by atoms with Gasteiger partial charge in [-0.3, -0.25) is 0 Å². The normalized spacial score (nSPS) is 9.22. The van der Waals surface area contributed by atoms with Gasteiger partial charge in [-0.05, 0) is 18.9 Å². The SMILES string of the molecule is [CH2]CCCCC=C(F)F. The lowest BCUT2D eigenvalue weighted by Gasteiger charge is -1.89. The van der Waals surface area contributed by atoms with Gasteiger partial charge in [0.1, 0.15) is 0 Å². The minimum Gasteiger partial charge on any atom is -0.174 e. The second-order valence-corrected chi connectivity index (χ2v) is 1.84.